The number of esters is 1. The van der Waals surface area contributed by atoms with Crippen molar-refractivity contribution in [1.82, 2.24) is 14.8 Å². The second kappa shape index (κ2) is 8.73. The number of hydrogen-bond acceptors (Lipinski definition) is 7. The minimum atomic E-state index is -0.432. The van der Waals surface area contributed by atoms with E-state index in [4.69, 9.17) is 9.47 Å². The fourth-order valence-corrected chi connectivity index (χ4v) is 2.94. The molecule has 0 atom stereocenters. The normalized spacial score (nSPS) is 11.3. The minimum Gasteiger partial charge on any atom is -0.477 e. The second-order valence-corrected chi connectivity index (χ2v) is 6.98. The lowest BCUT2D eigenvalue weighted by atomic mass is 10.2. The third kappa shape index (κ3) is 5.11. The second-order valence-electron chi connectivity index (χ2n) is 4.93. The summed E-state index contributed by atoms with van der Waals surface area (Å²) in [5, 5.41) is 7.96. The number of thiazole rings is 1. The molecule has 0 bridgehead atoms. The summed E-state index contributed by atoms with van der Waals surface area (Å²) in [7, 11) is 0. The van der Waals surface area contributed by atoms with Crippen LogP contribution >= 0.6 is 23.1 Å². The fraction of sp³-hybridized carbons (Fsp3) is 0.400. The van der Waals surface area contributed by atoms with Crippen LogP contribution < -0.4 is 4.74 Å². The SMILES string of the molecule is CCOC(=O)c1cnn(/C=C\Sc2nccs2)c1OCC(C)C. The third-order valence-electron chi connectivity index (χ3n) is 2.58. The molecule has 8 heteroatoms. The van der Waals surface area contributed by atoms with Crippen LogP contribution in [0.3, 0.4) is 0 Å². The predicted octanol–water partition coefficient (Wildman–Crippen LogP) is 3.77. The van der Waals surface area contributed by atoms with Crippen LogP contribution in [0.1, 0.15) is 31.1 Å². The van der Waals surface area contributed by atoms with Gasteiger partial charge in [0.2, 0.25) is 5.88 Å². The van der Waals surface area contributed by atoms with Gasteiger partial charge in [-0.1, -0.05) is 25.6 Å². The lowest BCUT2D eigenvalue weighted by Gasteiger charge is -2.10. The van der Waals surface area contributed by atoms with Crippen molar-refractivity contribution < 1.29 is 14.3 Å². The molecule has 0 aliphatic carbocycles. The van der Waals surface area contributed by atoms with Gasteiger partial charge in [-0.05, 0) is 18.2 Å². The molecule has 0 radical (unpaired) electrons. The molecule has 0 N–H and O–H groups in total. The number of rotatable bonds is 8. The molecular formula is C15H19N3O3S2. The van der Waals surface area contributed by atoms with Crippen LogP contribution in [0.25, 0.3) is 6.20 Å². The first-order valence-corrected chi connectivity index (χ1v) is 8.98. The highest BCUT2D eigenvalue weighted by Crippen LogP contribution is 2.24. The van der Waals surface area contributed by atoms with Gasteiger partial charge in [-0.3, -0.25) is 0 Å². The van der Waals surface area contributed by atoms with Gasteiger partial charge >= 0.3 is 5.97 Å². The Balaban J connectivity index is 2.16. The minimum absolute atomic E-state index is 0.309. The summed E-state index contributed by atoms with van der Waals surface area (Å²) in [5.41, 5.74) is 0.330. The summed E-state index contributed by atoms with van der Waals surface area (Å²) in [5.74, 6) is 0.300. The molecule has 23 heavy (non-hydrogen) atoms. The van der Waals surface area contributed by atoms with Crippen LogP contribution in [0.5, 0.6) is 5.88 Å². The molecule has 2 rings (SSSR count). The molecule has 0 fully saturated rings. The van der Waals surface area contributed by atoms with E-state index in [0.717, 1.165) is 4.34 Å². The zero-order chi connectivity index (χ0) is 16.7. The van der Waals surface area contributed by atoms with Crippen molar-refractivity contribution in [2.45, 2.75) is 25.1 Å². The van der Waals surface area contributed by atoms with Crippen LogP contribution in [0, 0.1) is 5.92 Å². The van der Waals surface area contributed by atoms with E-state index in [9.17, 15) is 4.79 Å². The van der Waals surface area contributed by atoms with Gasteiger partial charge in [-0.25, -0.2) is 14.5 Å². The first-order valence-electron chi connectivity index (χ1n) is 7.22. The molecule has 2 aromatic heterocycles. The summed E-state index contributed by atoms with van der Waals surface area (Å²) >= 11 is 3.04. The topological polar surface area (TPSA) is 66.2 Å². The molecule has 0 aliphatic heterocycles. The highest BCUT2D eigenvalue weighted by Gasteiger charge is 2.19. The van der Waals surface area contributed by atoms with E-state index >= 15 is 0 Å². The van der Waals surface area contributed by atoms with Gasteiger partial charge in [-0.2, -0.15) is 5.10 Å². The van der Waals surface area contributed by atoms with Gasteiger partial charge in [0.1, 0.15) is 5.56 Å². The molecule has 0 unspecified atom stereocenters. The van der Waals surface area contributed by atoms with Crippen LogP contribution in [0.2, 0.25) is 0 Å². The van der Waals surface area contributed by atoms with E-state index in [0.29, 0.717) is 30.6 Å². The van der Waals surface area contributed by atoms with E-state index in [1.54, 1.807) is 30.7 Å². The van der Waals surface area contributed by atoms with E-state index < -0.39 is 5.97 Å². The largest absolute Gasteiger partial charge is 0.477 e. The summed E-state index contributed by atoms with van der Waals surface area (Å²) in [6.45, 7) is 6.65. The van der Waals surface area contributed by atoms with Crippen molar-refractivity contribution in [3.63, 3.8) is 0 Å². The maximum absolute atomic E-state index is 12.0. The summed E-state index contributed by atoms with van der Waals surface area (Å²) in [6, 6.07) is 0. The van der Waals surface area contributed by atoms with Crippen molar-refractivity contribution in [3.05, 3.63) is 28.7 Å². The molecule has 0 saturated carbocycles. The molecule has 0 amide bonds. The van der Waals surface area contributed by atoms with Crippen molar-refractivity contribution in [3.8, 4) is 5.88 Å². The lowest BCUT2D eigenvalue weighted by molar-refractivity contribution is 0.0520. The van der Waals surface area contributed by atoms with Gasteiger partial charge in [-0.15, -0.1) is 11.3 Å². The summed E-state index contributed by atoms with van der Waals surface area (Å²) in [6.07, 6.45) is 4.96. The number of carbonyl (C=O) groups is 1. The Morgan fingerprint density at radius 2 is 2.35 bits per heavy atom. The van der Waals surface area contributed by atoms with Crippen molar-refractivity contribution in [2.24, 2.45) is 5.92 Å². The number of thioether (sulfide) groups is 1. The van der Waals surface area contributed by atoms with Crippen LogP contribution in [0.4, 0.5) is 0 Å². The van der Waals surface area contributed by atoms with E-state index in [1.807, 2.05) is 24.6 Å². The Bertz CT molecular complexity index is 651. The Morgan fingerprint density at radius 1 is 1.52 bits per heavy atom. The molecule has 6 nitrogen and oxygen atoms in total. The average Bonchev–Trinajstić information content (AvgIpc) is 3.15. The smallest absolute Gasteiger partial charge is 0.345 e. The van der Waals surface area contributed by atoms with Gasteiger partial charge in [0.25, 0.3) is 0 Å². The van der Waals surface area contributed by atoms with E-state index in [1.165, 1.54) is 22.6 Å². The molecule has 2 heterocycles. The molecule has 2 aromatic rings. The molecule has 0 aromatic carbocycles. The van der Waals surface area contributed by atoms with E-state index in [-0.39, 0.29) is 0 Å². The summed E-state index contributed by atoms with van der Waals surface area (Å²) in [4.78, 5) is 16.2. The molecular weight excluding hydrogens is 334 g/mol. The lowest BCUT2D eigenvalue weighted by Crippen LogP contribution is -2.11. The maximum atomic E-state index is 12.0. The highest BCUT2D eigenvalue weighted by molar-refractivity contribution is 8.03. The van der Waals surface area contributed by atoms with E-state index in [2.05, 4.69) is 10.1 Å². The maximum Gasteiger partial charge on any atom is 0.345 e. The quantitative estimate of drug-likeness (QED) is 0.532. The number of ether oxygens (including phenoxy) is 2. The summed E-state index contributed by atoms with van der Waals surface area (Å²) < 4.78 is 13.3. The molecule has 0 aliphatic rings. The predicted molar refractivity (Wildman–Crippen MR) is 91.8 cm³/mol. The van der Waals surface area contributed by atoms with Gasteiger partial charge in [0.05, 0.1) is 19.4 Å². The van der Waals surface area contributed by atoms with Crippen molar-refractivity contribution >= 4 is 35.3 Å². The third-order valence-corrected chi connectivity index (χ3v) is 4.29. The van der Waals surface area contributed by atoms with Crippen LogP contribution in [-0.4, -0.2) is 33.9 Å². The Hall–Kier alpha value is -1.80. The Kier molecular flexibility index (Phi) is 6.66. The molecule has 0 saturated heterocycles. The van der Waals surface area contributed by atoms with Crippen molar-refractivity contribution in [1.29, 1.82) is 0 Å². The van der Waals surface area contributed by atoms with Crippen LogP contribution in [-0.2, 0) is 4.74 Å². The average molecular weight is 353 g/mol. The zero-order valence-corrected chi connectivity index (χ0v) is 14.9. The van der Waals surface area contributed by atoms with Gasteiger partial charge < -0.3 is 9.47 Å². The first-order chi connectivity index (χ1) is 11.1. The number of hydrogen-bond donors (Lipinski definition) is 0. The van der Waals surface area contributed by atoms with Crippen molar-refractivity contribution in [2.75, 3.05) is 13.2 Å². The van der Waals surface area contributed by atoms with Crippen LogP contribution in [0.15, 0.2) is 27.5 Å². The molecule has 0 spiro atoms. The zero-order valence-electron chi connectivity index (χ0n) is 13.3. The monoisotopic (exact) mass is 353 g/mol. The van der Waals surface area contributed by atoms with Gasteiger partial charge in [0, 0.05) is 17.8 Å². The number of carbonyl (C=O) groups excluding carboxylic acids is 1. The first kappa shape index (κ1) is 17.6. The number of aromatic nitrogens is 3. The standard InChI is InChI=1S/C15H19N3O3S2/c1-4-20-14(19)12-9-17-18(13(12)21-10-11(2)3)6-8-23-15-16-5-7-22-15/h5-9,11H,4,10H2,1-3H3/b8-6-. The Morgan fingerprint density at radius 3 is 3.00 bits per heavy atom. The molecule has 124 valence electrons. The Labute approximate surface area is 143 Å². The van der Waals surface area contributed by atoms with Gasteiger partial charge in [0.15, 0.2) is 4.34 Å². The number of nitrogens with zero attached hydrogens (tertiary/aromatic N) is 3. The fourth-order valence-electron chi connectivity index (χ4n) is 1.61. The highest BCUT2D eigenvalue weighted by atomic mass is 32.2.